The van der Waals surface area contributed by atoms with Crippen molar-refractivity contribution in [3.63, 3.8) is 0 Å². The number of hydrogen-bond donors (Lipinski definition) is 2. The molecule has 1 aliphatic rings. The summed E-state index contributed by atoms with van der Waals surface area (Å²) in [5, 5.41) is 7.64. The summed E-state index contributed by atoms with van der Waals surface area (Å²) < 4.78 is 1.66. The molecule has 1 saturated carbocycles. The third kappa shape index (κ3) is 3.27. The normalized spacial score (nSPS) is 22.2. The van der Waals surface area contributed by atoms with E-state index in [1.165, 1.54) is 6.42 Å². The van der Waals surface area contributed by atoms with E-state index >= 15 is 0 Å². The Morgan fingerprint density at radius 3 is 3.06 bits per heavy atom. The van der Waals surface area contributed by atoms with E-state index in [-0.39, 0.29) is 5.69 Å². The fourth-order valence-corrected chi connectivity index (χ4v) is 2.00. The molecule has 18 heavy (non-hydrogen) atoms. The molecule has 3 N–H and O–H groups in total. The lowest BCUT2D eigenvalue weighted by molar-refractivity contribution is 0.0948. The minimum atomic E-state index is -0.415. The summed E-state index contributed by atoms with van der Waals surface area (Å²) in [6.07, 6.45) is 2.95. The van der Waals surface area contributed by atoms with Crippen molar-refractivity contribution in [2.24, 2.45) is 17.7 Å². The van der Waals surface area contributed by atoms with Crippen LogP contribution in [0.1, 0.15) is 23.8 Å². The number of hydrogen-bond acceptors (Lipinski definition) is 5. The Morgan fingerprint density at radius 1 is 1.72 bits per heavy atom. The Morgan fingerprint density at radius 2 is 2.44 bits per heavy atom. The van der Waals surface area contributed by atoms with Gasteiger partial charge in [-0.15, -0.1) is 5.10 Å². The summed E-state index contributed by atoms with van der Waals surface area (Å²) in [4.78, 5) is 13.5. The molecule has 7 nitrogen and oxygen atoms in total. The average Bonchev–Trinajstić information content (AvgIpc) is 2.86. The highest BCUT2D eigenvalue weighted by atomic mass is 16.2. The van der Waals surface area contributed by atoms with Crippen LogP contribution in [0.4, 0.5) is 0 Å². The van der Waals surface area contributed by atoms with Crippen LogP contribution in [-0.2, 0) is 6.54 Å². The van der Waals surface area contributed by atoms with Gasteiger partial charge in [-0.3, -0.25) is 14.9 Å². The number of nitrogens with one attached hydrogen (secondary N) is 1. The van der Waals surface area contributed by atoms with Crippen LogP contribution in [0, 0.1) is 11.8 Å². The van der Waals surface area contributed by atoms with Crippen LogP contribution in [0.15, 0.2) is 6.20 Å². The second-order valence-corrected chi connectivity index (χ2v) is 5.08. The van der Waals surface area contributed by atoms with E-state index in [2.05, 4.69) is 29.2 Å². The molecular weight excluding hydrogens is 232 g/mol. The first-order valence-corrected chi connectivity index (χ1v) is 6.19. The van der Waals surface area contributed by atoms with E-state index in [9.17, 15) is 4.79 Å². The van der Waals surface area contributed by atoms with Crippen LogP contribution in [0.25, 0.3) is 0 Å². The molecule has 0 radical (unpaired) electrons. The van der Waals surface area contributed by atoms with Gasteiger partial charge in [0, 0.05) is 13.1 Å². The van der Waals surface area contributed by atoms with Crippen LogP contribution in [0.2, 0.25) is 0 Å². The van der Waals surface area contributed by atoms with Crippen LogP contribution in [0.5, 0.6) is 0 Å². The number of nitrogens with zero attached hydrogens (tertiary/aromatic N) is 4. The van der Waals surface area contributed by atoms with Crippen LogP contribution >= 0.6 is 0 Å². The minimum absolute atomic E-state index is 0.246. The Labute approximate surface area is 106 Å². The first kappa shape index (κ1) is 13.0. The Balaban J connectivity index is 1.75. The Kier molecular flexibility index (Phi) is 3.93. The molecule has 2 atom stereocenters. The van der Waals surface area contributed by atoms with Gasteiger partial charge in [0.05, 0.1) is 12.7 Å². The smallest absolute Gasteiger partial charge is 0.287 e. The second-order valence-electron chi connectivity index (χ2n) is 5.08. The summed E-state index contributed by atoms with van der Waals surface area (Å²) >= 11 is 0. The van der Waals surface area contributed by atoms with Gasteiger partial charge in [0.1, 0.15) is 0 Å². The van der Waals surface area contributed by atoms with Crippen LogP contribution < -0.4 is 11.3 Å². The van der Waals surface area contributed by atoms with Crippen LogP contribution in [-0.4, -0.2) is 45.9 Å². The van der Waals surface area contributed by atoms with Gasteiger partial charge >= 0.3 is 0 Å². The predicted octanol–water partition coefficient (Wildman–Crippen LogP) is -0.531. The third-order valence-corrected chi connectivity index (χ3v) is 3.44. The lowest BCUT2D eigenvalue weighted by Gasteiger charge is -2.15. The summed E-state index contributed by atoms with van der Waals surface area (Å²) in [5.74, 6) is 6.34. The monoisotopic (exact) mass is 252 g/mol. The molecule has 0 saturated heterocycles. The third-order valence-electron chi connectivity index (χ3n) is 3.44. The van der Waals surface area contributed by atoms with E-state index in [0.717, 1.165) is 31.5 Å². The molecule has 1 aliphatic carbocycles. The molecule has 1 fully saturated rings. The van der Waals surface area contributed by atoms with Crippen molar-refractivity contribution >= 4 is 5.91 Å². The fraction of sp³-hybridized carbons (Fsp3) is 0.727. The standard InChI is InChI=1S/C11H20N6O/c1-8-5-9(8)6-16(2)3-4-17-7-10(14-15-17)11(18)13-12/h7-9H,3-6,12H2,1-2H3,(H,13,18). The molecular formula is C11H20N6O. The number of likely N-dealkylation sites (N-methyl/N-ethyl adjacent to an activating group) is 1. The molecule has 1 amide bonds. The SMILES string of the molecule is CC1CC1CN(C)CCn1cc(C(=O)NN)nn1. The van der Waals surface area contributed by atoms with Gasteiger partial charge in [-0.2, -0.15) is 0 Å². The van der Waals surface area contributed by atoms with E-state index < -0.39 is 5.91 Å². The largest absolute Gasteiger partial charge is 0.304 e. The molecule has 2 rings (SSSR count). The number of carbonyl (C=O) groups is 1. The molecule has 1 aromatic rings. The Hall–Kier alpha value is -1.47. The predicted molar refractivity (Wildman–Crippen MR) is 66.4 cm³/mol. The molecule has 1 heterocycles. The van der Waals surface area contributed by atoms with E-state index in [1.807, 2.05) is 5.43 Å². The molecule has 0 spiro atoms. The van der Waals surface area contributed by atoms with Crippen molar-refractivity contribution in [2.45, 2.75) is 19.9 Å². The van der Waals surface area contributed by atoms with E-state index in [1.54, 1.807) is 10.9 Å². The molecule has 0 aromatic carbocycles. The van der Waals surface area contributed by atoms with Crippen molar-refractivity contribution in [3.8, 4) is 0 Å². The molecule has 0 aliphatic heterocycles. The summed E-state index contributed by atoms with van der Waals surface area (Å²) in [5.41, 5.74) is 2.28. The fourth-order valence-electron chi connectivity index (χ4n) is 2.00. The lowest BCUT2D eigenvalue weighted by atomic mass is 10.3. The van der Waals surface area contributed by atoms with Crippen molar-refractivity contribution in [1.29, 1.82) is 0 Å². The van der Waals surface area contributed by atoms with Crippen LogP contribution in [0.3, 0.4) is 0 Å². The number of hydrazine groups is 1. The van der Waals surface area contributed by atoms with Crippen molar-refractivity contribution < 1.29 is 4.79 Å². The second kappa shape index (κ2) is 5.45. The first-order valence-electron chi connectivity index (χ1n) is 6.19. The van der Waals surface area contributed by atoms with E-state index in [0.29, 0.717) is 0 Å². The maximum absolute atomic E-state index is 11.2. The summed E-state index contributed by atoms with van der Waals surface area (Å²) in [7, 11) is 2.11. The quantitative estimate of drug-likeness (QED) is 0.403. The zero-order valence-corrected chi connectivity index (χ0v) is 10.8. The molecule has 7 heteroatoms. The zero-order chi connectivity index (χ0) is 13.1. The highest BCUT2D eigenvalue weighted by molar-refractivity contribution is 5.91. The molecule has 2 unspecified atom stereocenters. The minimum Gasteiger partial charge on any atom is -0.304 e. The van der Waals surface area contributed by atoms with Gasteiger partial charge in [-0.05, 0) is 25.3 Å². The number of aromatic nitrogens is 3. The highest BCUT2D eigenvalue weighted by Crippen LogP contribution is 2.37. The van der Waals surface area contributed by atoms with Gasteiger partial charge in [0.15, 0.2) is 5.69 Å². The van der Waals surface area contributed by atoms with Gasteiger partial charge in [-0.1, -0.05) is 12.1 Å². The van der Waals surface area contributed by atoms with Crippen molar-refractivity contribution in [2.75, 3.05) is 20.1 Å². The number of rotatable bonds is 6. The van der Waals surface area contributed by atoms with E-state index in [4.69, 9.17) is 5.84 Å². The van der Waals surface area contributed by atoms with Gasteiger partial charge in [0.25, 0.3) is 5.91 Å². The molecule has 100 valence electrons. The Bertz CT molecular complexity index is 417. The van der Waals surface area contributed by atoms with Gasteiger partial charge < -0.3 is 4.90 Å². The molecule has 1 aromatic heterocycles. The number of amides is 1. The van der Waals surface area contributed by atoms with Crippen molar-refractivity contribution in [3.05, 3.63) is 11.9 Å². The van der Waals surface area contributed by atoms with Gasteiger partial charge in [-0.25, -0.2) is 5.84 Å². The maximum atomic E-state index is 11.2. The first-order chi connectivity index (χ1) is 8.60. The maximum Gasteiger partial charge on any atom is 0.287 e. The summed E-state index contributed by atoms with van der Waals surface area (Å²) in [6, 6.07) is 0. The lowest BCUT2D eigenvalue weighted by Crippen LogP contribution is -2.30. The topological polar surface area (TPSA) is 89.1 Å². The molecule has 0 bridgehead atoms. The zero-order valence-electron chi connectivity index (χ0n) is 10.8. The number of nitrogens with two attached hydrogens (primary N) is 1. The number of carbonyl (C=O) groups excluding carboxylic acids is 1. The number of nitrogen functional groups attached to an aromatic ring is 1. The van der Waals surface area contributed by atoms with Gasteiger partial charge in [0.2, 0.25) is 0 Å². The highest BCUT2D eigenvalue weighted by Gasteiger charge is 2.32. The van der Waals surface area contributed by atoms with Crippen molar-refractivity contribution in [1.82, 2.24) is 25.3 Å². The average molecular weight is 252 g/mol. The summed E-state index contributed by atoms with van der Waals surface area (Å²) in [6.45, 7) is 5.04.